The summed E-state index contributed by atoms with van der Waals surface area (Å²) in [6.07, 6.45) is 2.55. The Balaban J connectivity index is 1.77. The summed E-state index contributed by atoms with van der Waals surface area (Å²) in [7, 11) is -3.28. The minimum absolute atomic E-state index is 0.158. The molecule has 0 spiro atoms. The normalized spacial score (nSPS) is 11.0. The number of anilines is 1. The molecule has 24 heavy (non-hydrogen) atoms. The van der Waals surface area contributed by atoms with E-state index in [2.05, 4.69) is 20.2 Å². The Bertz CT molecular complexity index is 839. The molecule has 0 aliphatic carbocycles. The van der Waals surface area contributed by atoms with Gasteiger partial charge in [0, 0.05) is 18.3 Å². The molecule has 1 aromatic carbocycles. The number of aromatic nitrogens is 2. The van der Waals surface area contributed by atoms with Crippen LogP contribution in [0.2, 0.25) is 0 Å². The van der Waals surface area contributed by atoms with Crippen molar-refractivity contribution in [2.45, 2.75) is 12.8 Å². The van der Waals surface area contributed by atoms with Crippen molar-refractivity contribution in [1.82, 2.24) is 15.5 Å². The maximum atomic E-state index is 11.8. The van der Waals surface area contributed by atoms with Crippen LogP contribution >= 0.6 is 0 Å². The zero-order valence-corrected chi connectivity index (χ0v) is 13.9. The highest BCUT2D eigenvalue weighted by atomic mass is 32.2. The molecule has 0 saturated heterocycles. The number of sulfonamides is 1. The fourth-order valence-electron chi connectivity index (χ4n) is 2.01. The number of carbonyl (C=O) groups excluding carboxylic acids is 1. The molecule has 9 heteroatoms. The third-order valence-electron chi connectivity index (χ3n) is 3.10. The predicted octanol–water partition coefficient (Wildman–Crippen LogP) is 0.504. The summed E-state index contributed by atoms with van der Waals surface area (Å²) < 4.78 is 24.6. The molecule has 1 heterocycles. The van der Waals surface area contributed by atoms with Crippen LogP contribution in [-0.2, 0) is 16.4 Å². The first-order valence-corrected chi connectivity index (χ1v) is 9.13. The lowest BCUT2D eigenvalue weighted by Gasteiger charge is -2.06. The highest BCUT2D eigenvalue weighted by Gasteiger charge is 2.06. The molecule has 0 unspecified atom stereocenters. The molecule has 2 aromatic rings. The smallest absolute Gasteiger partial charge is 0.271 e. The number of aryl methyl sites for hydroxylation is 1. The van der Waals surface area contributed by atoms with Gasteiger partial charge in [0.1, 0.15) is 5.69 Å². The molecule has 0 atom stereocenters. The van der Waals surface area contributed by atoms with E-state index in [4.69, 9.17) is 0 Å². The van der Waals surface area contributed by atoms with Crippen LogP contribution in [0.25, 0.3) is 0 Å². The first-order chi connectivity index (χ1) is 11.3. The summed E-state index contributed by atoms with van der Waals surface area (Å²) in [6, 6.07) is 9.66. The summed E-state index contributed by atoms with van der Waals surface area (Å²) in [4.78, 5) is 22.7. The Morgan fingerprint density at radius 3 is 2.46 bits per heavy atom. The van der Waals surface area contributed by atoms with Gasteiger partial charge in [0.05, 0.1) is 6.26 Å². The molecule has 0 bridgehead atoms. The number of H-pyrrole nitrogens is 1. The lowest BCUT2D eigenvalue weighted by atomic mass is 10.1. The van der Waals surface area contributed by atoms with Crippen molar-refractivity contribution in [1.29, 1.82) is 0 Å². The van der Waals surface area contributed by atoms with Crippen molar-refractivity contribution in [3.05, 3.63) is 58.0 Å². The number of rotatable bonds is 7. The van der Waals surface area contributed by atoms with Gasteiger partial charge in [-0.05, 0) is 36.6 Å². The van der Waals surface area contributed by atoms with Crippen LogP contribution < -0.4 is 15.6 Å². The number of hydrogen-bond acceptors (Lipinski definition) is 5. The van der Waals surface area contributed by atoms with Crippen LogP contribution in [0.4, 0.5) is 5.69 Å². The number of carbonyl (C=O) groups is 1. The SMILES string of the molecule is CS(=O)(=O)Nc1ccc(CCCNC(=O)c2ccc(=O)[nH]n2)cc1. The third-order valence-corrected chi connectivity index (χ3v) is 3.70. The number of amides is 1. The van der Waals surface area contributed by atoms with E-state index in [9.17, 15) is 18.0 Å². The molecular weight excluding hydrogens is 332 g/mol. The van der Waals surface area contributed by atoms with Gasteiger partial charge < -0.3 is 5.32 Å². The van der Waals surface area contributed by atoms with Gasteiger partial charge in [-0.3, -0.25) is 14.3 Å². The Kier molecular flexibility index (Phi) is 5.69. The van der Waals surface area contributed by atoms with Crippen LogP contribution in [0.5, 0.6) is 0 Å². The molecule has 8 nitrogen and oxygen atoms in total. The maximum Gasteiger partial charge on any atom is 0.271 e. The fraction of sp³-hybridized carbons (Fsp3) is 0.267. The number of benzene rings is 1. The van der Waals surface area contributed by atoms with Gasteiger partial charge in [-0.25, -0.2) is 13.5 Å². The molecule has 0 radical (unpaired) electrons. The minimum atomic E-state index is -3.28. The van der Waals surface area contributed by atoms with Gasteiger partial charge in [-0.1, -0.05) is 12.1 Å². The Hall–Kier alpha value is -2.68. The van der Waals surface area contributed by atoms with Crippen molar-refractivity contribution in [3.63, 3.8) is 0 Å². The Morgan fingerprint density at radius 1 is 1.17 bits per heavy atom. The topological polar surface area (TPSA) is 121 Å². The van der Waals surface area contributed by atoms with Crippen molar-refractivity contribution in [3.8, 4) is 0 Å². The third kappa shape index (κ3) is 5.84. The predicted molar refractivity (Wildman–Crippen MR) is 90.4 cm³/mol. The zero-order chi connectivity index (χ0) is 17.6. The molecule has 0 aliphatic rings. The lowest BCUT2D eigenvalue weighted by molar-refractivity contribution is 0.0947. The minimum Gasteiger partial charge on any atom is -0.351 e. The molecule has 1 aromatic heterocycles. The van der Waals surface area contributed by atoms with Gasteiger partial charge in [0.2, 0.25) is 10.0 Å². The first kappa shape index (κ1) is 17.7. The largest absolute Gasteiger partial charge is 0.351 e. The van der Waals surface area contributed by atoms with Gasteiger partial charge >= 0.3 is 0 Å². The first-order valence-electron chi connectivity index (χ1n) is 7.24. The second kappa shape index (κ2) is 7.73. The van der Waals surface area contributed by atoms with E-state index in [1.54, 1.807) is 12.1 Å². The summed E-state index contributed by atoms with van der Waals surface area (Å²) in [5.41, 5.74) is 1.34. The molecular formula is C15H18N4O4S. The summed E-state index contributed by atoms with van der Waals surface area (Å²) in [5.74, 6) is -0.348. The number of nitrogens with one attached hydrogen (secondary N) is 3. The highest BCUT2D eigenvalue weighted by molar-refractivity contribution is 7.92. The van der Waals surface area contributed by atoms with Crippen LogP contribution in [-0.4, -0.2) is 37.3 Å². The zero-order valence-electron chi connectivity index (χ0n) is 13.1. The van der Waals surface area contributed by atoms with E-state index in [-0.39, 0.29) is 17.2 Å². The van der Waals surface area contributed by atoms with E-state index in [0.29, 0.717) is 18.7 Å². The average molecular weight is 350 g/mol. The molecule has 2 rings (SSSR count). The molecule has 128 valence electrons. The van der Waals surface area contributed by atoms with Crippen LogP contribution in [0.3, 0.4) is 0 Å². The number of nitrogens with zero attached hydrogens (tertiary/aromatic N) is 1. The van der Waals surface area contributed by atoms with E-state index in [1.165, 1.54) is 12.1 Å². The summed E-state index contributed by atoms with van der Waals surface area (Å²) in [5, 5.41) is 8.57. The quantitative estimate of drug-likeness (QED) is 0.628. The second-order valence-electron chi connectivity index (χ2n) is 5.24. The van der Waals surface area contributed by atoms with E-state index in [1.807, 2.05) is 12.1 Å². The summed E-state index contributed by atoms with van der Waals surface area (Å²) >= 11 is 0. The fourth-order valence-corrected chi connectivity index (χ4v) is 2.57. The van der Waals surface area contributed by atoms with E-state index < -0.39 is 10.0 Å². The van der Waals surface area contributed by atoms with Crippen molar-refractivity contribution < 1.29 is 13.2 Å². The molecule has 0 fully saturated rings. The number of aromatic amines is 1. The average Bonchev–Trinajstić information content (AvgIpc) is 2.52. The van der Waals surface area contributed by atoms with Gasteiger partial charge in [-0.15, -0.1) is 0 Å². The van der Waals surface area contributed by atoms with Crippen molar-refractivity contribution in [2.75, 3.05) is 17.5 Å². The molecule has 0 aliphatic heterocycles. The van der Waals surface area contributed by atoms with E-state index in [0.717, 1.165) is 18.2 Å². The van der Waals surface area contributed by atoms with Crippen LogP contribution in [0.15, 0.2) is 41.2 Å². The molecule has 3 N–H and O–H groups in total. The van der Waals surface area contributed by atoms with Gasteiger partial charge in [0.15, 0.2) is 0 Å². The second-order valence-corrected chi connectivity index (χ2v) is 6.99. The molecule has 1 amide bonds. The van der Waals surface area contributed by atoms with Crippen LogP contribution in [0.1, 0.15) is 22.5 Å². The Labute approximate surface area is 139 Å². The standard InChI is InChI=1S/C15H18N4O4S/c1-24(22,23)19-12-6-4-11(5-7-12)3-2-10-16-15(21)13-8-9-14(20)18-17-13/h4-9,19H,2-3,10H2,1H3,(H,16,21)(H,18,20). The van der Waals surface area contributed by atoms with Crippen LogP contribution in [0, 0.1) is 0 Å². The molecule has 0 saturated carbocycles. The monoisotopic (exact) mass is 350 g/mol. The van der Waals surface area contributed by atoms with Gasteiger partial charge in [-0.2, -0.15) is 5.10 Å². The van der Waals surface area contributed by atoms with E-state index >= 15 is 0 Å². The summed E-state index contributed by atoms with van der Waals surface area (Å²) in [6.45, 7) is 0.461. The van der Waals surface area contributed by atoms with Crippen molar-refractivity contribution >= 4 is 21.6 Å². The van der Waals surface area contributed by atoms with Gasteiger partial charge in [0.25, 0.3) is 11.5 Å². The van der Waals surface area contributed by atoms with Crippen molar-refractivity contribution in [2.24, 2.45) is 0 Å². The number of hydrogen-bond donors (Lipinski definition) is 3. The lowest BCUT2D eigenvalue weighted by Crippen LogP contribution is -2.26. The highest BCUT2D eigenvalue weighted by Crippen LogP contribution is 2.12. The maximum absolute atomic E-state index is 11.8. The Morgan fingerprint density at radius 2 is 1.88 bits per heavy atom.